The summed E-state index contributed by atoms with van der Waals surface area (Å²) in [4.78, 5) is 4.22. The highest BCUT2D eigenvalue weighted by atomic mass is 19.1. The number of rotatable bonds is 2. The molecule has 3 nitrogen and oxygen atoms in total. The van der Waals surface area contributed by atoms with Gasteiger partial charge in [0.15, 0.2) is 0 Å². The van der Waals surface area contributed by atoms with Crippen molar-refractivity contribution >= 4 is 5.69 Å². The van der Waals surface area contributed by atoms with Crippen LogP contribution >= 0.6 is 0 Å². The minimum Gasteiger partial charge on any atom is -0.399 e. The second-order valence-corrected chi connectivity index (χ2v) is 4.07. The van der Waals surface area contributed by atoms with Crippen molar-refractivity contribution in [3.63, 3.8) is 0 Å². The quantitative estimate of drug-likeness (QED) is 0.789. The minimum atomic E-state index is -0.304. The molecule has 1 aromatic carbocycles. The van der Waals surface area contributed by atoms with Crippen molar-refractivity contribution in [2.24, 2.45) is 0 Å². The highest BCUT2D eigenvalue weighted by Gasteiger charge is 2.08. The molecule has 0 radical (unpaired) electrons. The number of nitrogens with two attached hydrogens (primary N) is 1. The summed E-state index contributed by atoms with van der Waals surface area (Å²) >= 11 is 0. The Morgan fingerprint density at radius 1 is 1.38 bits per heavy atom. The molecule has 16 heavy (non-hydrogen) atoms. The molecule has 0 atom stereocenters. The Morgan fingerprint density at radius 3 is 2.75 bits per heavy atom. The summed E-state index contributed by atoms with van der Waals surface area (Å²) in [6.45, 7) is 4.09. The monoisotopic (exact) mass is 219 g/mol. The molecule has 0 spiro atoms. The van der Waals surface area contributed by atoms with Crippen LogP contribution in [-0.4, -0.2) is 9.55 Å². The third-order valence-corrected chi connectivity index (χ3v) is 2.44. The van der Waals surface area contributed by atoms with Crippen molar-refractivity contribution in [2.45, 2.75) is 19.8 Å². The Hall–Kier alpha value is -1.84. The highest BCUT2D eigenvalue weighted by Crippen LogP contribution is 2.19. The molecule has 0 saturated carbocycles. The van der Waals surface area contributed by atoms with Crippen molar-refractivity contribution in [2.75, 3.05) is 5.73 Å². The Morgan fingerprint density at radius 2 is 2.12 bits per heavy atom. The predicted molar refractivity (Wildman–Crippen MR) is 62.0 cm³/mol. The second-order valence-electron chi connectivity index (χ2n) is 4.07. The number of halogens is 1. The first kappa shape index (κ1) is 10.7. The van der Waals surface area contributed by atoms with Gasteiger partial charge in [0.2, 0.25) is 0 Å². The summed E-state index contributed by atoms with van der Waals surface area (Å²) in [7, 11) is 0. The van der Waals surface area contributed by atoms with Gasteiger partial charge in [-0.05, 0) is 24.1 Å². The van der Waals surface area contributed by atoms with Crippen molar-refractivity contribution in [1.82, 2.24) is 9.55 Å². The smallest absolute Gasteiger partial charge is 0.147 e. The molecule has 0 aliphatic rings. The SMILES string of the molecule is CC(C)c1cn(-c2cc(N)ccc2F)cn1. The maximum atomic E-state index is 13.6. The number of anilines is 1. The van der Waals surface area contributed by atoms with Gasteiger partial charge < -0.3 is 10.3 Å². The van der Waals surface area contributed by atoms with Crippen LogP contribution in [0.25, 0.3) is 5.69 Å². The predicted octanol–water partition coefficient (Wildman–Crippen LogP) is 2.72. The normalized spacial score (nSPS) is 11.0. The van der Waals surface area contributed by atoms with Crippen LogP contribution in [0.4, 0.5) is 10.1 Å². The average molecular weight is 219 g/mol. The van der Waals surface area contributed by atoms with Crippen LogP contribution in [-0.2, 0) is 0 Å². The molecule has 0 aliphatic heterocycles. The fourth-order valence-electron chi connectivity index (χ4n) is 1.50. The molecule has 4 heteroatoms. The Balaban J connectivity index is 2.46. The van der Waals surface area contributed by atoms with Gasteiger partial charge in [0.1, 0.15) is 5.82 Å². The van der Waals surface area contributed by atoms with Gasteiger partial charge in [-0.1, -0.05) is 13.8 Å². The molecule has 2 N–H and O–H groups in total. The van der Waals surface area contributed by atoms with E-state index in [4.69, 9.17) is 5.73 Å². The molecular formula is C12H14FN3. The average Bonchev–Trinajstić information content (AvgIpc) is 2.70. The number of nitrogen functional groups attached to an aromatic ring is 1. The van der Waals surface area contributed by atoms with E-state index in [2.05, 4.69) is 4.98 Å². The summed E-state index contributed by atoms with van der Waals surface area (Å²) in [5, 5.41) is 0. The molecule has 2 aromatic rings. The van der Waals surface area contributed by atoms with E-state index in [1.165, 1.54) is 6.07 Å². The largest absolute Gasteiger partial charge is 0.399 e. The fraction of sp³-hybridized carbons (Fsp3) is 0.250. The molecule has 84 valence electrons. The van der Waals surface area contributed by atoms with Crippen molar-refractivity contribution in [3.8, 4) is 5.69 Å². The van der Waals surface area contributed by atoms with Gasteiger partial charge in [-0.2, -0.15) is 0 Å². The molecule has 0 unspecified atom stereocenters. The first-order valence-electron chi connectivity index (χ1n) is 5.17. The third-order valence-electron chi connectivity index (χ3n) is 2.44. The van der Waals surface area contributed by atoms with E-state index < -0.39 is 0 Å². The van der Waals surface area contributed by atoms with Crippen LogP contribution in [0.2, 0.25) is 0 Å². The molecular weight excluding hydrogens is 205 g/mol. The number of aromatic nitrogens is 2. The number of benzene rings is 1. The zero-order valence-corrected chi connectivity index (χ0v) is 9.31. The van der Waals surface area contributed by atoms with Gasteiger partial charge in [0.05, 0.1) is 17.7 Å². The first-order chi connectivity index (χ1) is 7.58. The molecule has 1 heterocycles. The maximum absolute atomic E-state index is 13.6. The van der Waals surface area contributed by atoms with E-state index in [0.29, 0.717) is 17.3 Å². The molecule has 0 aliphatic carbocycles. The van der Waals surface area contributed by atoms with Gasteiger partial charge in [-0.25, -0.2) is 9.37 Å². The Labute approximate surface area is 93.7 Å². The van der Waals surface area contributed by atoms with Gasteiger partial charge in [-0.3, -0.25) is 0 Å². The highest BCUT2D eigenvalue weighted by molar-refractivity contribution is 5.48. The van der Waals surface area contributed by atoms with Crippen molar-refractivity contribution in [3.05, 3.63) is 42.2 Å². The number of nitrogens with zero attached hydrogens (tertiary/aromatic N) is 2. The summed E-state index contributed by atoms with van der Waals surface area (Å²) in [5.74, 6) is 0.0206. The van der Waals surface area contributed by atoms with Crippen LogP contribution < -0.4 is 5.73 Å². The summed E-state index contributed by atoms with van der Waals surface area (Å²) in [5.41, 5.74) is 7.53. The topological polar surface area (TPSA) is 43.8 Å². The van der Waals surface area contributed by atoms with Crippen LogP contribution in [0.15, 0.2) is 30.7 Å². The van der Waals surface area contributed by atoms with Gasteiger partial charge in [0, 0.05) is 11.9 Å². The summed E-state index contributed by atoms with van der Waals surface area (Å²) in [6, 6.07) is 4.50. The lowest BCUT2D eigenvalue weighted by Crippen LogP contribution is -1.97. The second kappa shape index (κ2) is 3.96. The lowest BCUT2D eigenvalue weighted by atomic mass is 10.1. The van der Waals surface area contributed by atoms with Crippen molar-refractivity contribution in [1.29, 1.82) is 0 Å². The van der Waals surface area contributed by atoms with Crippen molar-refractivity contribution < 1.29 is 4.39 Å². The maximum Gasteiger partial charge on any atom is 0.147 e. The molecule has 1 aromatic heterocycles. The van der Waals surface area contributed by atoms with Gasteiger partial charge in [-0.15, -0.1) is 0 Å². The Kier molecular flexibility index (Phi) is 2.64. The molecule has 0 saturated heterocycles. The Bertz CT molecular complexity index is 503. The van der Waals surface area contributed by atoms with Crippen LogP contribution in [0.1, 0.15) is 25.5 Å². The van der Waals surface area contributed by atoms with Crippen LogP contribution in [0, 0.1) is 5.82 Å². The van der Waals surface area contributed by atoms with Gasteiger partial charge >= 0.3 is 0 Å². The van der Waals surface area contributed by atoms with E-state index >= 15 is 0 Å². The van der Waals surface area contributed by atoms with Crippen LogP contribution in [0.5, 0.6) is 0 Å². The zero-order valence-electron chi connectivity index (χ0n) is 9.31. The molecule has 2 rings (SSSR count). The summed E-state index contributed by atoms with van der Waals surface area (Å²) in [6.07, 6.45) is 3.43. The molecule has 0 fully saturated rings. The number of imidazole rings is 1. The summed E-state index contributed by atoms with van der Waals surface area (Å²) < 4.78 is 15.2. The van der Waals surface area contributed by atoms with Gasteiger partial charge in [0.25, 0.3) is 0 Å². The van der Waals surface area contributed by atoms with E-state index in [0.717, 1.165) is 5.69 Å². The minimum absolute atomic E-state index is 0.304. The fourth-order valence-corrected chi connectivity index (χ4v) is 1.50. The zero-order chi connectivity index (χ0) is 11.7. The first-order valence-corrected chi connectivity index (χ1v) is 5.17. The molecule has 0 amide bonds. The number of hydrogen-bond donors (Lipinski definition) is 1. The molecule has 0 bridgehead atoms. The number of hydrogen-bond acceptors (Lipinski definition) is 2. The van der Waals surface area contributed by atoms with Crippen LogP contribution in [0.3, 0.4) is 0 Å². The lowest BCUT2D eigenvalue weighted by Gasteiger charge is -2.04. The third kappa shape index (κ3) is 1.91. The van der Waals surface area contributed by atoms with E-state index in [9.17, 15) is 4.39 Å². The van der Waals surface area contributed by atoms with E-state index in [1.807, 2.05) is 20.0 Å². The van der Waals surface area contributed by atoms with E-state index in [1.54, 1.807) is 23.0 Å². The standard InChI is InChI=1S/C12H14FN3/c1-8(2)11-6-16(7-15-11)12-5-9(14)3-4-10(12)13/h3-8H,14H2,1-2H3. The lowest BCUT2D eigenvalue weighted by molar-refractivity contribution is 0.618. The van der Waals surface area contributed by atoms with E-state index in [-0.39, 0.29) is 5.82 Å².